The molecule has 0 aromatic heterocycles. The number of carbonyl (C=O) groups is 1. The van der Waals surface area contributed by atoms with Crippen LogP contribution in [0.15, 0.2) is 54.6 Å². The van der Waals surface area contributed by atoms with E-state index >= 15 is 0 Å². The number of hydrogen-bond donors (Lipinski definition) is 2. The fraction of sp³-hybridized carbons (Fsp3) is 0.552. The molecule has 2 aromatic carbocycles. The minimum absolute atomic E-state index is 0.00440. The van der Waals surface area contributed by atoms with Crippen LogP contribution in [0.2, 0.25) is 0 Å². The number of carbonyl (C=O) groups excluding carboxylic acids is 1. The van der Waals surface area contributed by atoms with Crippen LogP contribution in [0.5, 0.6) is 0 Å². The summed E-state index contributed by atoms with van der Waals surface area (Å²) in [6.45, 7) is 4.10. The van der Waals surface area contributed by atoms with Crippen molar-refractivity contribution in [3.63, 3.8) is 0 Å². The van der Waals surface area contributed by atoms with Crippen LogP contribution in [-0.4, -0.2) is 84.1 Å². The van der Waals surface area contributed by atoms with E-state index in [0.717, 1.165) is 38.9 Å². The summed E-state index contributed by atoms with van der Waals surface area (Å²) in [5, 5.41) is 13.6. The lowest BCUT2D eigenvalue weighted by Gasteiger charge is -2.44. The van der Waals surface area contributed by atoms with Crippen molar-refractivity contribution >= 4 is 5.91 Å². The van der Waals surface area contributed by atoms with Crippen molar-refractivity contribution in [1.29, 1.82) is 0 Å². The molecule has 3 aliphatic heterocycles. The molecular weight excluding hydrogens is 473 g/mol. The molecule has 5 rings (SSSR count). The zero-order valence-corrected chi connectivity index (χ0v) is 21.3. The van der Waals surface area contributed by atoms with Crippen LogP contribution in [0.1, 0.15) is 36.8 Å². The van der Waals surface area contributed by atoms with Crippen molar-refractivity contribution in [3.05, 3.63) is 71.5 Å². The number of aliphatic hydroxyl groups excluding tert-OH is 1. The van der Waals surface area contributed by atoms with Gasteiger partial charge in [-0.2, -0.15) is 0 Å². The van der Waals surface area contributed by atoms with Crippen LogP contribution >= 0.6 is 0 Å². The smallest absolute Gasteiger partial charge is 0.222 e. The maximum absolute atomic E-state index is 14.4. The molecule has 0 unspecified atom stereocenters. The Morgan fingerprint density at radius 1 is 1.00 bits per heavy atom. The first-order valence-electron chi connectivity index (χ1n) is 13.5. The molecule has 0 saturated carbocycles. The van der Waals surface area contributed by atoms with Gasteiger partial charge in [-0.3, -0.25) is 14.6 Å². The molecule has 2 N–H and O–H groups in total. The number of hydrogen-bond acceptors (Lipinski definition) is 6. The molecule has 3 saturated heterocycles. The molecule has 5 atom stereocenters. The standard InChI is InChI=1S/C29H38FN3O4/c30-26-9-5-4-8-22(26)16-33-18-24(34)19-36-20-28-27(33)11-10-25(37-28)14-29(35)31-23-12-13-32(17-23)15-21-6-2-1-3-7-21/h1-9,23-25,27-28,34H,10-20H2,(H,31,35)/t23-,24+,25+,27+,28-/m0/s1. The highest BCUT2D eigenvalue weighted by molar-refractivity contribution is 5.76. The Morgan fingerprint density at radius 2 is 1.81 bits per heavy atom. The van der Waals surface area contributed by atoms with Crippen molar-refractivity contribution in [2.24, 2.45) is 0 Å². The quantitative estimate of drug-likeness (QED) is 0.596. The molecule has 3 aliphatic rings. The number of rotatable bonds is 7. The van der Waals surface area contributed by atoms with E-state index in [1.807, 2.05) is 12.1 Å². The molecule has 37 heavy (non-hydrogen) atoms. The normalized spacial score (nSPS) is 29.3. The Balaban J connectivity index is 1.13. The first-order chi connectivity index (χ1) is 18.0. The number of aliphatic hydroxyl groups is 1. The number of β-amino-alcohol motifs (C(OH)–C–C–N with tert-alkyl or cyclic N) is 1. The third kappa shape index (κ3) is 7.15. The number of benzene rings is 2. The molecule has 2 aromatic rings. The fourth-order valence-corrected chi connectivity index (χ4v) is 5.90. The number of halogens is 1. The van der Waals surface area contributed by atoms with Crippen LogP contribution in [0.25, 0.3) is 0 Å². The minimum Gasteiger partial charge on any atom is -0.389 e. The van der Waals surface area contributed by atoms with Gasteiger partial charge in [-0.15, -0.1) is 0 Å². The molecule has 0 bridgehead atoms. The van der Waals surface area contributed by atoms with Gasteiger partial charge in [0, 0.05) is 50.4 Å². The second-order valence-electron chi connectivity index (χ2n) is 10.6. The summed E-state index contributed by atoms with van der Waals surface area (Å²) in [6.07, 6.45) is 1.80. The van der Waals surface area contributed by atoms with Crippen LogP contribution < -0.4 is 5.32 Å². The molecule has 0 spiro atoms. The minimum atomic E-state index is -0.635. The Bertz CT molecular complexity index is 1030. The van der Waals surface area contributed by atoms with E-state index in [4.69, 9.17) is 9.47 Å². The zero-order chi connectivity index (χ0) is 25.6. The summed E-state index contributed by atoms with van der Waals surface area (Å²) in [7, 11) is 0. The highest BCUT2D eigenvalue weighted by Gasteiger charge is 2.38. The van der Waals surface area contributed by atoms with Crippen molar-refractivity contribution in [2.75, 3.05) is 32.8 Å². The first-order valence-corrected chi connectivity index (χ1v) is 13.5. The number of amides is 1. The summed E-state index contributed by atoms with van der Waals surface area (Å²) in [4.78, 5) is 17.4. The Kier molecular flexibility index (Phi) is 8.84. The van der Waals surface area contributed by atoms with Gasteiger partial charge in [0.25, 0.3) is 0 Å². The van der Waals surface area contributed by atoms with Crippen molar-refractivity contribution in [1.82, 2.24) is 15.1 Å². The third-order valence-electron chi connectivity index (χ3n) is 7.72. The van der Waals surface area contributed by atoms with Gasteiger partial charge >= 0.3 is 0 Å². The lowest BCUT2D eigenvalue weighted by molar-refractivity contribution is -0.158. The van der Waals surface area contributed by atoms with E-state index in [1.165, 1.54) is 11.6 Å². The lowest BCUT2D eigenvalue weighted by atomic mass is 9.94. The molecule has 0 aliphatic carbocycles. The van der Waals surface area contributed by atoms with Gasteiger partial charge in [0.05, 0.1) is 37.9 Å². The molecule has 7 nitrogen and oxygen atoms in total. The maximum atomic E-state index is 14.4. The van der Waals surface area contributed by atoms with Crippen LogP contribution in [-0.2, 0) is 27.4 Å². The predicted octanol–water partition coefficient (Wildman–Crippen LogP) is 2.72. The average Bonchev–Trinajstić information content (AvgIpc) is 3.31. The summed E-state index contributed by atoms with van der Waals surface area (Å²) in [5.41, 5.74) is 1.90. The topological polar surface area (TPSA) is 74.3 Å². The van der Waals surface area contributed by atoms with Crippen LogP contribution in [0.4, 0.5) is 4.39 Å². The number of fused-ring (bicyclic) bond motifs is 1. The number of nitrogens with zero attached hydrogens (tertiary/aromatic N) is 2. The van der Waals surface area contributed by atoms with E-state index in [1.54, 1.807) is 12.1 Å². The van der Waals surface area contributed by atoms with Gasteiger partial charge in [-0.1, -0.05) is 48.5 Å². The molecular formula is C29H38FN3O4. The van der Waals surface area contributed by atoms with Crippen molar-refractivity contribution < 1.29 is 23.8 Å². The Morgan fingerprint density at radius 3 is 2.65 bits per heavy atom. The molecule has 0 radical (unpaired) electrons. The summed E-state index contributed by atoms with van der Waals surface area (Å²) < 4.78 is 26.5. The lowest BCUT2D eigenvalue weighted by Crippen LogP contribution is -2.55. The molecule has 3 heterocycles. The number of nitrogens with one attached hydrogen (secondary N) is 1. The van der Waals surface area contributed by atoms with Crippen molar-refractivity contribution in [3.8, 4) is 0 Å². The van der Waals surface area contributed by atoms with Gasteiger partial charge in [0.15, 0.2) is 0 Å². The fourth-order valence-electron chi connectivity index (χ4n) is 5.90. The van der Waals surface area contributed by atoms with Gasteiger partial charge in [0.1, 0.15) is 5.82 Å². The summed E-state index contributed by atoms with van der Waals surface area (Å²) >= 11 is 0. The van der Waals surface area contributed by atoms with E-state index in [0.29, 0.717) is 31.7 Å². The molecule has 8 heteroatoms. The van der Waals surface area contributed by atoms with Gasteiger partial charge in [-0.05, 0) is 30.9 Å². The molecule has 1 amide bonds. The summed E-state index contributed by atoms with van der Waals surface area (Å²) in [6, 6.07) is 17.3. The van der Waals surface area contributed by atoms with E-state index < -0.39 is 6.10 Å². The Hall–Kier alpha value is -2.36. The predicted molar refractivity (Wildman–Crippen MR) is 138 cm³/mol. The second-order valence-corrected chi connectivity index (χ2v) is 10.6. The highest BCUT2D eigenvalue weighted by atomic mass is 19.1. The monoisotopic (exact) mass is 511 g/mol. The van der Waals surface area contributed by atoms with Gasteiger partial charge in [0.2, 0.25) is 5.91 Å². The maximum Gasteiger partial charge on any atom is 0.222 e. The van der Waals surface area contributed by atoms with Gasteiger partial charge < -0.3 is 19.9 Å². The first kappa shape index (κ1) is 26.3. The number of likely N-dealkylation sites (tertiary alicyclic amines) is 1. The van der Waals surface area contributed by atoms with Crippen molar-refractivity contribution in [2.45, 2.75) is 69.2 Å². The largest absolute Gasteiger partial charge is 0.389 e. The zero-order valence-electron chi connectivity index (χ0n) is 21.3. The molecule has 3 fully saturated rings. The highest BCUT2D eigenvalue weighted by Crippen LogP contribution is 2.29. The van der Waals surface area contributed by atoms with Crippen LogP contribution in [0, 0.1) is 5.82 Å². The Labute approximate surface area is 218 Å². The summed E-state index contributed by atoms with van der Waals surface area (Å²) in [5.74, 6) is -0.215. The van der Waals surface area contributed by atoms with E-state index in [2.05, 4.69) is 39.4 Å². The molecule has 200 valence electrons. The second kappa shape index (κ2) is 12.5. The van der Waals surface area contributed by atoms with Gasteiger partial charge in [-0.25, -0.2) is 4.39 Å². The van der Waals surface area contributed by atoms with E-state index in [-0.39, 0.29) is 42.6 Å². The number of ether oxygens (including phenoxy) is 2. The average molecular weight is 512 g/mol. The van der Waals surface area contributed by atoms with Crippen LogP contribution in [0.3, 0.4) is 0 Å². The SMILES string of the molecule is O=C(C[C@H]1CC[C@@H]2[C@H](COC[C@H](O)CN2Cc2ccccc2F)O1)N[C@H]1CCN(Cc2ccccc2)C1. The van der Waals surface area contributed by atoms with E-state index in [9.17, 15) is 14.3 Å². The third-order valence-corrected chi connectivity index (χ3v) is 7.72.